The number of hydrogen-bond acceptors (Lipinski definition) is 3. The summed E-state index contributed by atoms with van der Waals surface area (Å²) in [6.07, 6.45) is 0. The minimum absolute atomic E-state index is 0.122. The third-order valence-corrected chi connectivity index (χ3v) is 3.41. The van der Waals surface area contributed by atoms with E-state index in [0.717, 1.165) is 13.1 Å². The third kappa shape index (κ3) is 6.54. The van der Waals surface area contributed by atoms with Crippen LogP contribution in [0.1, 0.15) is 34.6 Å². The molecule has 0 aromatic heterocycles. The fourth-order valence-corrected chi connectivity index (χ4v) is 3.81. The van der Waals surface area contributed by atoms with Crippen LogP contribution in [0.3, 0.4) is 0 Å². The molecule has 0 radical (unpaired) electrons. The molecule has 0 aliphatic heterocycles. The van der Waals surface area contributed by atoms with Crippen molar-refractivity contribution >= 4 is 8.56 Å². The molecular weight excluding hydrogens is 194 g/mol. The van der Waals surface area contributed by atoms with E-state index in [1.807, 2.05) is 5.06 Å². The molecule has 0 bridgehead atoms. The highest BCUT2D eigenvalue weighted by Gasteiger charge is 2.32. The molecule has 14 heavy (non-hydrogen) atoms. The Morgan fingerprint density at radius 2 is 1.50 bits per heavy atom. The fourth-order valence-electron chi connectivity index (χ4n) is 1.42. The Labute approximate surface area is 89.6 Å². The minimum Gasteiger partial charge on any atom is -0.389 e. The van der Waals surface area contributed by atoms with Crippen LogP contribution in [0.2, 0.25) is 13.1 Å². The maximum atomic E-state index is 5.93. The summed E-state index contributed by atoms with van der Waals surface area (Å²) >= 11 is 0. The molecule has 0 amide bonds. The van der Waals surface area contributed by atoms with Crippen molar-refractivity contribution in [3.63, 3.8) is 0 Å². The van der Waals surface area contributed by atoms with Gasteiger partial charge in [0, 0.05) is 13.1 Å². The number of nitrogens with zero attached hydrogens (tertiary/aromatic N) is 1. The lowest BCUT2D eigenvalue weighted by Crippen LogP contribution is -2.47. The lowest BCUT2D eigenvalue weighted by Gasteiger charge is -2.34. The fraction of sp³-hybridized carbons (Fsp3) is 1.00. The Balaban J connectivity index is 4.18. The van der Waals surface area contributed by atoms with Crippen LogP contribution in [0.15, 0.2) is 0 Å². The molecule has 0 rings (SSSR count). The predicted octanol–water partition coefficient (Wildman–Crippen LogP) is 2.78. The van der Waals surface area contributed by atoms with Crippen molar-refractivity contribution in [3.8, 4) is 0 Å². The Morgan fingerprint density at radius 3 is 1.79 bits per heavy atom. The van der Waals surface area contributed by atoms with Crippen LogP contribution in [0, 0.1) is 0 Å². The van der Waals surface area contributed by atoms with E-state index < -0.39 is 8.56 Å². The zero-order valence-electron chi connectivity index (χ0n) is 10.7. The first-order valence-electron chi connectivity index (χ1n) is 5.34. The van der Waals surface area contributed by atoms with Crippen LogP contribution in [0.5, 0.6) is 0 Å². The van der Waals surface area contributed by atoms with E-state index in [1.165, 1.54) is 0 Å². The van der Waals surface area contributed by atoms with Crippen LogP contribution >= 0.6 is 0 Å². The second kappa shape index (κ2) is 5.26. The molecule has 3 nitrogen and oxygen atoms in total. The van der Waals surface area contributed by atoms with Crippen LogP contribution in [0.4, 0.5) is 0 Å². The summed E-state index contributed by atoms with van der Waals surface area (Å²) in [5.74, 6) is 0. The molecule has 0 aliphatic carbocycles. The van der Waals surface area contributed by atoms with Crippen molar-refractivity contribution in [2.75, 3.05) is 13.1 Å². The first-order valence-corrected chi connectivity index (χ1v) is 8.16. The van der Waals surface area contributed by atoms with Gasteiger partial charge in [0.2, 0.25) is 0 Å². The van der Waals surface area contributed by atoms with Crippen LogP contribution in [-0.2, 0) is 8.95 Å². The summed E-state index contributed by atoms with van der Waals surface area (Å²) in [4.78, 5) is 0. The summed E-state index contributed by atoms with van der Waals surface area (Å²) in [6, 6.07) is 0. The van der Waals surface area contributed by atoms with E-state index in [1.54, 1.807) is 0 Å². The van der Waals surface area contributed by atoms with Crippen molar-refractivity contribution < 1.29 is 8.95 Å². The molecule has 0 spiro atoms. The lowest BCUT2D eigenvalue weighted by atomic mass is 10.2. The quantitative estimate of drug-likeness (QED) is 0.524. The Hall–Kier alpha value is 0.0969. The molecule has 0 aliphatic rings. The van der Waals surface area contributed by atoms with Crippen molar-refractivity contribution in [1.29, 1.82) is 0 Å². The molecule has 0 unspecified atom stereocenters. The molecule has 0 N–H and O–H groups in total. The standard InChI is InChI=1S/C10H25NO2Si/c1-8-11(9-2)13-14(6,7)12-10(3,4)5/h8-9H2,1-7H3. The molecule has 4 heteroatoms. The lowest BCUT2D eigenvalue weighted by molar-refractivity contribution is -0.0954. The minimum atomic E-state index is -2.02. The highest BCUT2D eigenvalue weighted by atomic mass is 28.4. The van der Waals surface area contributed by atoms with E-state index >= 15 is 0 Å². The van der Waals surface area contributed by atoms with Gasteiger partial charge in [0.25, 0.3) is 0 Å². The van der Waals surface area contributed by atoms with E-state index in [-0.39, 0.29) is 5.60 Å². The average Bonchev–Trinajstić information content (AvgIpc) is 1.95. The SMILES string of the molecule is CCN(CC)O[Si](C)(C)OC(C)(C)C. The first kappa shape index (κ1) is 14.1. The Bertz CT molecular complexity index is 162. The molecule has 0 aromatic carbocycles. The average molecular weight is 219 g/mol. The molecule has 0 aromatic rings. The summed E-state index contributed by atoms with van der Waals surface area (Å²) in [6.45, 7) is 16.3. The van der Waals surface area contributed by atoms with Crippen molar-refractivity contribution in [2.24, 2.45) is 0 Å². The monoisotopic (exact) mass is 219 g/mol. The van der Waals surface area contributed by atoms with Gasteiger partial charge in [-0.2, -0.15) is 5.06 Å². The first-order chi connectivity index (χ1) is 6.20. The van der Waals surface area contributed by atoms with Gasteiger partial charge in [0.05, 0.1) is 5.60 Å². The highest BCUT2D eigenvalue weighted by molar-refractivity contribution is 6.64. The van der Waals surface area contributed by atoms with Gasteiger partial charge < -0.3 is 8.95 Å². The second-order valence-electron chi connectivity index (χ2n) is 4.82. The molecule has 86 valence electrons. The molecule has 0 saturated heterocycles. The molecule has 0 fully saturated rings. The second-order valence-corrected chi connectivity index (χ2v) is 8.01. The zero-order valence-corrected chi connectivity index (χ0v) is 11.7. The van der Waals surface area contributed by atoms with E-state index in [0.29, 0.717) is 0 Å². The van der Waals surface area contributed by atoms with Gasteiger partial charge in [-0.1, -0.05) is 13.8 Å². The predicted molar refractivity (Wildman–Crippen MR) is 62.3 cm³/mol. The smallest absolute Gasteiger partial charge is 0.352 e. The normalized spacial score (nSPS) is 13.7. The summed E-state index contributed by atoms with van der Waals surface area (Å²) < 4.78 is 11.8. The zero-order chi connectivity index (χ0) is 11.4. The largest absolute Gasteiger partial charge is 0.389 e. The van der Waals surface area contributed by atoms with Gasteiger partial charge in [-0.05, 0) is 33.9 Å². The van der Waals surface area contributed by atoms with Gasteiger partial charge >= 0.3 is 8.56 Å². The van der Waals surface area contributed by atoms with Crippen LogP contribution in [-0.4, -0.2) is 32.3 Å². The van der Waals surface area contributed by atoms with Crippen LogP contribution in [0.25, 0.3) is 0 Å². The maximum absolute atomic E-state index is 5.93. The molecule has 0 atom stereocenters. The third-order valence-electron chi connectivity index (χ3n) is 1.61. The number of hydrogen-bond donors (Lipinski definition) is 0. The van der Waals surface area contributed by atoms with Crippen molar-refractivity contribution in [2.45, 2.75) is 53.3 Å². The molecular formula is C10H25NO2Si. The van der Waals surface area contributed by atoms with Gasteiger partial charge in [0.15, 0.2) is 0 Å². The van der Waals surface area contributed by atoms with Gasteiger partial charge in [-0.25, -0.2) is 0 Å². The summed E-state index contributed by atoms with van der Waals surface area (Å²) in [5, 5.41) is 1.96. The topological polar surface area (TPSA) is 21.7 Å². The van der Waals surface area contributed by atoms with E-state index in [9.17, 15) is 0 Å². The van der Waals surface area contributed by atoms with Gasteiger partial charge in [-0.3, -0.25) is 0 Å². The highest BCUT2D eigenvalue weighted by Crippen LogP contribution is 2.18. The molecule has 0 saturated carbocycles. The van der Waals surface area contributed by atoms with Crippen LogP contribution < -0.4 is 0 Å². The summed E-state index contributed by atoms with van der Waals surface area (Å²) in [7, 11) is -2.02. The Kier molecular flexibility index (Phi) is 5.29. The van der Waals surface area contributed by atoms with Gasteiger partial charge in [-0.15, -0.1) is 0 Å². The van der Waals surface area contributed by atoms with Gasteiger partial charge in [0.1, 0.15) is 0 Å². The number of hydroxylamine groups is 2. The van der Waals surface area contributed by atoms with Crippen molar-refractivity contribution in [3.05, 3.63) is 0 Å². The summed E-state index contributed by atoms with van der Waals surface area (Å²) in [5.41, 5.74) is -0.122. The van der Waals surface area contributed by atoms with E-state index in [4.69, 9.17) is 8.95 Å². The van der Waals surface area contributed by atoms with E-state index in [2.05, 4.69) is 47.7 Å². The maximum Gasteiger partial charge on any atom is 0.352 e. The Morgan fingerprint density at radius 1 is 1.07 bits per heavy atom. The van der Waals surface area contributed by atoms with Crippen molar-refractivity contribution in [1.82, 2.24) is 5.06 Å². The molecule has 0 heterocycles. The number of rotatable bonds is 5.